The Morgan fingerprint density at radius 3 is 2.84 bits per heavy atom. The molecule has 0 fully saturated rings. The van der Waals surface area contributed by atoms with Crippen molar-refractivity contribution in [2.24, 2.45) is 0 Å². The lowest BCUT2D eigenvalue weighted by molar-refractivity contribution is 0.0524. The number of aromatic amines is 1. The Morgan fingerprint density at radius 2 is 2.21 bits per heavy atom. The van der Waals surface area contributed by atoms with Crippen molar-refractivity contribution >= 4 is 39.5 Å². The molecule has 0 atom stereocenters. The summed E-state index contributed by atoms with van der Waals surface area (Å²) in [7, 11) is 0. The smallest absolute Gasteiger partial charge is 0.343 e. The van der Waals surface area contributed by atoms with Crippen LogP contribution in [0.1, 0.15) is 22.8 Å². The van der Waals surface area contributed by atoms with Crippen LogP contribution in [0, 0.1) is 10.5 Å². The summed E-state index contributed by atoms with van der Waals surface area (Å²) in [6.07, 6.45) is 1.32. The Balaban J connectivity index is 2.80. The molecule has 0 saturated heterocycles. The molecule has 0 radical (unpaired) electrons. The maximum atomic E-state index is 12.2. The highest BCUT2D eigenvalue weighted by Gasteiger charge is 2.18. The first-order valence-electron chi connectivity index (χ1n) is 5.68. The maximum Gasteiger partial charge on any atom is 0.343 e. The summed E-state index contributed by atoms with van der Waals surface area (Å²) in [5, 5.41) is 10.0. The van der Waals surface area contributed by atoms with Gasteiger partial charge < -0.3 is 14.8 Å². The standard InChI is InChI=1S/C13H12INO4/c1-3-19-13(18)7-5-15-11-9(12(7)17)8(16)4-6(2)10(11)14/h4-5,16H,3H2,1-2H3,(H,15,17). The van der Waals surface area contributed by atoms with Crippen LogP contribution in [0.25, 0.3) is 10.9 Å². The van der Waals surface area contributed by atoms with Crippen LogP contribution in [0.4, 0.5) is 0 Å². The Bertz CT molecular complexity index is 721. The van der Waals surface area contributed by atoms with E-state index in [4.69, 9.17) is 4.74 Å². The molecular weight excluding hydrogens is 361 g/mol. The summed E-state index contributed by atoms with van der Waals surface area (Å²) >= 11 is 2.08. The molecule has 0 amide bonds. The summed E-state index contributed by atoms with van der Waals surface area (Å²) < 4.78 is 5.64. The highest BCUT2D eigenvalue weighted by atomic mass is 127. The molecule has 0 unspecified atom stereocenters. The molecular formula is C13H12INO4. The van der Waals surface area contributed by atoms with E-state index < -0.39 is 11.4 Å². The highest BCUT2D eigenvalue weighted by Crippen LogP contribution is 2.28. The third-order valence-corrected chi connectivity index (χ3v) is 4.14. The van der Waals surface area contributed by atoms with Gasteiger partial charge in [0, 0.05) is 9.77 Å². The molecule has 5 nitrogen and oxygen atoms in total. The number of benzene rings is 1. The molecule has 0 saturated carbocycles. The molecule has 2 rings (SSSR count). The number of phenolic OH excluding ortho intramolecular Hbond substituents is 1. The van der Waals surface area contributed by atoms with Crippen LogP contribution in [-0.4, -0.2) is 22.7 Å². The van der Waals surface area contributed by atoms with Crippen molar-refractivity contribution in [1.82, 2.24) is 4.98 Å². The largest absolute Gasteiger partial charge is 0.507 e. The van der Waals surface area contributed by atoms with Crippen molar-refractivity contribution in [2.45, 2.75) is 13.8 Å². The van der Waals surface area contributed by atoms with Gasteiger partial charge in [-0.25, -0.2) is 4.79 Å². The molecule has 19 heavy (non-hydrogen) atoms. The van der Waals surface area contributed by atoms with Gasteiger partial charge in [0.15, 0.2) is 0 Å². The maximum absolute atomic E-state index is 12.2. The second kappa shape index (κ2) is 5.20. The van der Waals surface area contributed by atoms with Gasteiger partial charge in [-0.2, -0.15) is 0 Å². The number of fused-ring (bicyclic) bond motifs is 1. The first-order valence-corrected chi connectivity index (χ1v) is 6.75. The number of ether oxygens (including phenoxy) is 1. The van der Waals surface area contributed by atoms with E-state index in [1.54, 1.807) is 6.92 Å². The topological polar surface area (TPSA) is 79.4 Å². The fourth-order valence-corrected chi connectivity index (χ4v) is 2.43. The third kappa shape index (κ3) is 2.32. The molecule has 1 heterocycles. The lowest BCUT2D eigenvalue weighted by Gasteiger charge is -2.08. The van der Waals surface area contributed by atoms with E-state index in [0.29, 0.717) is 5.52 Å². The van der Waals surface area contributed by atoms with Crippen molar-refractivity contribution in [2.75, 3.05) is 6.61 Å². The van der Waals surface area contributed by atoms with E-state index in [9.17, 15) is 14.7 Å². The minimum Gasteiger partial charge on any atom is -0.507 e. The SMILES string of the molecule is CCOC(=O)c1c[nH]c2c(I)c(C)cc(O)c2c1=O. The molecule has 100 valence electrons. The van der Waals surface area contributed by atoms with Gasteiger partial charge >= 0.3 is 5.97 Å². The van der Waals surface area contributed by atoms with Crippen molar-refractivity contribution in [3.8, 4) is 5.75 Å². The summed E-state index contributed by atoms with van der Waals surface area (Å²) in [4.78, 5) is 26.8. The first kappa shape index (κ1) is 13.9. The number of hydrogen-bond acceptors (Lipinski definition) is 4. The Labute approximate surface area is 122 Å². The van der Waals surface area contributed by atoms with E-state index in [-0.39, 0.29) is 23.3 Å². The monoisotopic (exact) mass is 373 g/mol. The molecule has 6 heteroatoms. The number of nitrogens with one attached hydrogen (secondary N) is 1. The fraction of sp³-hybridized carbons (Fsp3) is 0.231. The second-order valence-corrected chi connectivity index (χ2v) is 5.11. The van der Waals surface area contributed by atoms with Gasteiger partial charge in [-0.05, 0) is 48.1 Å². The summed E-state index contributed by atoms with van der Waals surface area (Å²) in [6.45, 7) is 3.68. The average Bonchev–Trinajstić information content (AvgIpc) is 2.35. The number of carbonyl (C=O) groups is 1. The average molecular weight is 373 g/mol. The summed E-state index contributed by atoms with van der Waals surface area (Å²) in [6, 6.07) is 1.51. The van der Waals surface area contributed by atoms with Gasteiger partial charge in [0.05, 0.1) is 17.5 Å². The quantitative estimate of drug-likeness (QED) is 0.626. The van der Waals surface area contributed by atoms with Gasteiger partial charge in [-0.15, -0.1) is 0 Å². The number of H-pyrrole nitrogens is 1. The van der Waals surface area contributed by atoms with Crippen LogP contribution in [0.2, 0.25) is 0 Å². The Morgan fingerprint density at radius 1 is 1.53 bits per heavy atom. The normalized spacial score (nSPS) is 10.7. The molecule has 2 aromatic rings. The minimum absolute atomic E-state index is 0.107. The number of phenols is 1. The van der Waals surface area contributed by atoms with Crippen molar-refractivity contribution in [1.29, 1.82) is 0 Å². The molecule has 0 aliphatic carbocycles. The number of esters is 1. The Kier molecular flexibility index (Phi) is 3.79. The molecule has 1 aromatic heterocycles. The van der Waals surface area contributed by atoms with E-state index in [2.05, 4.69) is 27.6 Å². The number of aromatic nitrogens is 1. The van der Waals surface area contributed by atoms with Crippen LogP contribution in [0.15, 0.2) is 17.1 Å². The van der Waals surface area contributed by atoms with Gasteiger partial charge in [0.2, 0.25) is 5.43 Å². The number of aryl methyl sites for hydroxylation is 1. The van der Waals surface area contributed by atoms with E-state index in [1.165, 1.54) is 12.3 Å². The zero-order valence-electron chi connectivity index (χ0n) is 10.4. The van der Waals surface area contributed by atoms with Crippen molar-refractivity contribution < 1.29 is 14.6 Å². The molecule has 1 aromatic carbocycles. The van der Waals surface area contributed by atoms with Crippen molar-refractivity contribution in [3.05, 3.63) is 37.2 Å². The zero-order valence-corrected chi connectivity index (χ0v) is 12.6. The van der Waals surface area contributed by atoms with Gasteiger partial charge in [0.1, 0.15) is 11.3 Å². The van der Waals surface area contributed by atoms with Gasteiger partial charge in [-0.3, -0.25) is 4.79 Å². The second-order valence-electron chi connectivity index (χ2n) is 4.03. The number of halogens is 1. The number of aromatic hydroxyl groups is 1. The molecule has 0 bridgehead atoms. The molecule has 2 N–H and O–H groups in total. The van der Waals surface area contributed by atoms with Crippen LogP contribution in [0.3, 0.4) is 0 Å². The number of rotatable bonds is 2. The number of carbonyl (C=O) groups excluding carboxylic acids is 1. The van der Waals surface area contributed by atoms with Crippen LogP contribution < -0.4 is 5.43 Å². The number of pyridine rings is 1. The van der Waals surface area contributed by atoms with Crippen molar-refractivity contribution in [3.63, 3.8) is 0 Å². The lowest BCUT2D eigenvalue weighted by Crippen LogP contribution is -2.18. The van der Waals surface area contributed by atoms with Crippen LogP contribution >= 0.6 is 22.6 Å². The Hall–Kier alpha value is -1.57. The third-order valence-electron chi connectivity index (χ3n) is 2.75. The van der Waals surface area contributed by atoms with Crippen LogP contribution in [-0.2, 0) is 4.74 Å². The zero-order chi connectivity index (χ0) is 14.2. The number of hydrogen-bond donors (Lipinski definition) is 2. The van der Waals surface area contributed by atoms with E-state index in [0.717, 1.165) is 9.13 Å². The molecule has 0 aliphatic heterocycles. The van der Waals surface area contributed by atoms with Gasteiger partial charge in [0.25, 0.3) is 0 Å². The summed E-state index contributed by atoms with van der Waals surface area (Å²) in [5.41, 5.74) is 0.744. The molecule has 0 aliphatic rings. The van der Waals surface area contributed by atoms with E-state index >= 15 is 0 Å². The minimum atomic E-state index is -0.694. The predicted molar refractivity (Wildman–Crippen MR) is 79.6 cm³/mol. The highest BCUT2D eigenvalue weighted by molar-refractivity contribution is 14.1. The first-order chi connectivity index (χ1) is 8.97. The lowest BCUT2D eigenvalue weighted by atomic mass is 10.1. The van der Waals surface area contributed by atoms with Gasteiger partial charge in [-0.1, -0.05) is 0 Å². The fourth-order valence-electron chi connectivity index (χ4n) is 1.85. The molecule has 0 spiro atoms. The summed E-state index contributed by atoms with van der Waals surface area (Å²) in [5.74, 6) is -0.832. The van der Waals surface area contributed by atoms with Crippen LogP contribution in [0.5, 0.6) is 5.75 Å². The predicted octanol–water partition coefficient (Wildman–Crippen LogP) is 2.32. The van der Waals surface area contributed by atoms with E-state index in [1.807, 2.05) is 6.92 Å².